The third-order valence-corrected chi connectivity index (χ3v) is 11.3. The quantitative estimate of drug-likeness (QED) is 0.226. The third-order valence-electron chi connectivity index (χ3n) is 11.3. The zero-order valence-electron chi connectivity index (χ0n) is 28.3. The number of benzene rings is 3. The number of nitrogens with one attached hydrogen (secondary N) is 1. The van der Waals surface area contributed by atoms with Gasteiger partial charge in [0, 0.05) is 46.9 Å². The van der Waals surface area contributed by atoms with Crippen LogP contribution >= 0.6 is 0 Å². The van der Waals surface area contributed by atoms with Gasteiger partial charge >= 0.3 is 0 Å². The largest absolute Gasteiger partial charge is 0.354 e. The van der Waals surface area contributed by atoms with Crippen LogP contribution in [0.4, 0.5) is 0 Å². The average molecular weight is 559 g/mol. The fraction of sp³-hybridized carbons (Fsp3) is 0.395. The second kappa shape index (κ2) is 9.10. The number of fused-ring (bicyclic) bond motifs is 3. The van der Waals surface area contributed by atoms with Crippen molar-refractivity contribution in [3.63, 3.8) is 0 Å². The van der Waals surface area contributed by atoms with Crippen LogP contribution in [-0.4, -0.2) is 19.3 Å². The molecule has 6 aromatic rings. The Bertz CT molecular complexity index is 2120. The minimum absolute atomic E-state index is 1.07. The Hall–Kier alpha value is -3.79. The van der Waals surface area contributed by atoms with Crippen LogP contribution in [0.5, 0.6) is 0 Å². The van der Waals surface area contributed by atoms with Gasteiger partial charge in [0.15, 0.2) is 0 Å². The van der Waals surface area contributed by atoms with E-state index in [9.17, 15) is 0 Å². The number of rotatable bonds is 2. The number of aryl methyl sites for hydroxylation is 9. The molecule has 0 aliphatic rings. The lowest BCUT2D eigenvalue weighted by molar-refractivity contribution is 0.783. The Balaban J connectivity index is 1.80. The maximum atomic E-state index is 5.06. The molecule has 0 fully saturated rings. The molecule has 0 aliphatic carbocycles. The van der Waals surface area contributed by atoms with Crippen molar-refractivity contribution in [2.75, 3.05) is 0 Å². The van der Waals surface area contributed by atoms with Gasteiger partial charge in [-0.1, -0.05) is 0 Å². The van der Waals surface area contributed by atoms with Crippen LogP contribution < -0.4 is 0 Å². The molecule has 0 radical (unpaired) electrons. The molecular formula is C38H46N4. The van der Waals surface area contributed by atoms with Crippen molar-refractivity contribution in [1.82, 2.24) is 19.3 Å². The molecule has 1 N–H and O–H groups in total. The van der Waals surface area contributed by atoms with Gasteiger partial charge in [0.1, 0.15) is 0 Å². The number of aromatic amines is 1. The van der Waals surface area contributed by atoms with Crippen molar-refractivity contribution in [2.45, 2.75) is 90.0 Å². The lowest BCUT2D eigenvalue weighted by Gasteiger charge is -2.19. The van der Waals surface area contributed by atoms with E-state index in [0.29, 0.717) is 0 Å². The molecule has 3 aromatic heterocycles. The molecule has 3 heterocycles. The SMILES string of the molecule is Cc1c(C)c(C)c2c(C)c(-c3c(C)c(C)c(-c4c(C)c5c(C)c(C)c(C)c(C)c5n4C)c4c3c(C)nn4C)[nH]c2c1C. The summed E-state index contributed by atoms with van der Waals surface area (Å²) in [4.78, 5) is 3.94. The normalized spacial score (nSPS) is 12.2. The van der Waals surface area contributed by atoms with Crippen LogP contribution in [0, 0.1) is 90.0 Å². The van der Waals surface area contributed by atoms with Gasteiger partial charge < -0.3 is 9.55 Å². The Morgan fingerprint density at radius 2 is 0.976 bits per heavy atom. The van der Waals surface area contributed by atoms with Gasteiger partial charge in [-0.2, -0.15) is 5.10 Å². The maximum absolute atomic E-state index is 5.06. The first kappa shape index (κ1) is 28.3. The Labute approximate surface area is 250 Å². The monoisotopic (exact) mass is 558 g/mol. The lowest BCUT2D eigenvalue weighted by atomic mass is 9.87. The molecule has 6 rings (SSSR count). The predicted octanol–water partition coefficient (Wildman–Crippen LogP) is 9.89. The lowest BCUT2D eigenvalue weighted by Crippen LogP contribution is -2.03. The van der Waals surface area contributed by atoms with E-state index < -0.39 is 0 Å². The van der Waals surface area contributed by atoms with E-state index in [1.54, 1.807) is 0 Å². The molecule has 0 aliphatic heterocycles. The standard InChI is InChI=1S/C38H46N4/c1-16-18(3)24(9)34-29(20(16)5)26(11)35(39-34)31-22(7)23(8)32(38-33(31)28(13)40-42(38)15)37-27(12)30-21(6)17(2)19(4)25(10)36(30)41(37)14/h39H,1-15H3. The zero-order chi connectivity index (χ0) is 30.8. The summed E-state index contributed by atoms with van der Waals surface area (Å²) < 4.78 is 4.57. The highest BCUT2D eigenvalue weighted by atomic mass is 15.3. The highest BCUT2D eigenvalue weighted by molar-refractivity contribution is 6.11. The van der Waals surface area contributed by atoms with Gasteiger partial charge in [0.25, 0.3) is 0 Å². The summed E-state index contributed by atoms with van der Waals surface area (Å²) in [6.45, 7) is 29.5. The van der Waals surface area contributed by atoms with E-state index in [-0.39, 0.29) is 0 Å². The van der Waals surface area contributed by atoms with Crippen LogP contribution in [-0.2, 0) is 14.1 Å². The Morgan fingerprint density at radius 1 is 0.452 bits per heavy atom. The van der Waals surface area contributed by atoms with Crippen LogP contribution in [0.1, 0.15) is 72.5 Å². The van der Waals surface area contributed by atoms with Gasteiger partial charge in [-0.05, 0) is 157 Å². The number of nitrogens with zero attached hydrogens (tertiary/aromatic N) is 3. The number of H-pyrrole nitrogens is 1. The van der Waals surface area contributed by atoms with Gasteiger partial charge in [-0.15, -0.1) is 0 Å². The molecule has 0 amide bonds. The fourth-order valence-electron chi connectivity index (χ4n) is 8.13. The molecule has 0 unspecified atom stereocenters. The first-order valence-corrected chi connectivity index (χ1v) is 15.2. The van der Waals surface area contributed by atoms with E-state index in [1.165, 1.54) is 122 Å². The maximum Gasteiger partial charge on any atom is 0.0785 e. The minimum atomic E-state index is 1.07. The number of aromatic nitrogens is 4. The third kappa shape index (κ3) is 3.32. The second-order valence-electron chi connectivity index (χ2n) is 13.1. The van der Waals surface area contributed by atoms with Gasteiger partial charge in [0.2, 0.25) is 0 Å². The van der Waals surface area contributed by atoms with Crippen molar-refractivity contribution in [3.05, 3.63) is 72.5 Å². The molecule has 4 nitrogen and oxygen atoms in total. The van der Waals surface area contributed by atoms with Crippen LogP contribution in [0.2, 0.25) is 0 Å². The van der Waals surface area contributed by atoms with Crippen LogP contribution in [0.25, 0.3) is 55.2 Å². The van der Waals surface area contributed by atoms with Crippen LogP contribution in [0.15, 0.2) is 0 Å². The molecule has 3 aromatic carbocycles. The summed E-state index contributed by atoms with van der Waals surface area (Å²) in [6, 6.07) is 0. The van der Waals surface area contributed by atoms with Crippen molar-refractivity contribution in [3.8, 4) is 22.5 Å². The van der Waals surface area contributed by atoms with E-state index >= 15 is 0 Å². The summed E-state index contributed by atoms with van der Waals surface area (Å²) in [6.07, 6.45) is 0. The first-order valence-electron chi connectivity index (χ1n) is 15.2. The average Bonchev–Trinajstić information content (AvgIpc) is 3.53. The van der Waals surface area contributed by atoms with Crippen molar-refractivity contribution in [2.24, 2.45) is 14.1 Å². The predicted molar refractivity (Wildman–Crippen MR) is 182 cm³/mol. The molecular weight excluding hydrogens is 512 g/mol. The van der Waals surface area contributed by atoms with E-state index in [2.05, 4.69) is 118 Å². The molecule has 0 saturated carbocycles. The highest BCUT2D eigenvalue weighted by Crippen LogP contribution is 2.48. The van der Waals surface area contributed by atoms with E-state index in [0.717, 1.165) is 5.69 Å². The van der Waals surface area contributed by atoms with Gasteiger partial charge in [0.05, 0.1) is 28.1 Å². The fourth-order valence-corrected chi connectivity index (χ4v) is 8.13. The van der Waals surface area contributed by atoms with Gasteiger partial charge in [-0.25, -0.2) is 0 Å². The van der Waals surface area contributed by atoms with Crippen molar-refractivity contribution >= 4 is 32.7 Å². The highest BCUT2D eigenvalue weighted by Gasteiger charge is 2.29. The van der Waals surface area contributed by atoms with E-state index in [4.69, 9.17) is 5.10 Å². The second-order valence-corrected chi connectivity index (χ2v) is 13.1. The Morgan fingerprint density at radius 3 is 1.60 bits per heavy atom. The summed E-state index contributed by atoms with van der Waals surface area (Å²) in [7, 11) is 4.36. The molecule has 42 heavy (non-hydrogen) atoms. The molecule has 0 spiro atoms. The van der Waals surface area contributed by atoms with Crippen molar-refractivity contribution in [1.29, 1.82) is 0 Å². The summed E-state index contributed by atoms with van der Waals surface area (Å²) in [5, 5.41) is 9.07. The topological polar surface area (TPSA) is 38.5 Å². The van der Waals surface area contributed by atoms with Gasteiger partial charge in [-0.3, -0.25) is 4.68 Å². The molecule has 0 atom stereocenters. The van der Waals surface area contributed by atoms with Crippen LogP contribution in [0.3, 0.4) is 0 Å². The first-order chi connectivity index (χ1) is 19.6. The number of hydrogen-bond acceptors (Lipinski definition) is 1. The molecule has 0 bridgehead atoms. The van der Waals surface area contributed by atoms with Crippen molar-refractivity contribution < 1.29 is 0 Å². The Kier molecular flexibility index (Phi) is 6.14. The minimum Gasteiger partial charge on any atom is -0.354 e. The summed E-state index contributed by atoms with van der Waals surface area (Å²) in [5.74, 6) is 0. The smallest absolute Gasteiger partial charge is 0.0785 e. The molecule has 0 saturated heterocycles. The number of hydrogen-bond donors (Lipinski definition) is 1. The summed E-state index contributed by atoms with van der Waals surface area (Å²) >= 11 is 0. The summed E-state index contributed by atoms with van der Waals surface area (Å²) in [5.41, 5.74) is 26.3. The van der Waals surface area contributed by atoms with E-state index in [1.807, 2.05) is 0 Å². The zero-order valence-corrected chi connectivity index (χ0v) is 28.3. The molecule has 218 valence electrons. The molecule has 4 heteroatoms.